The van der Waals surface area contributed by atoms with Gasteiger partial charge >= 0.3 is 5.69 Å². The molecule has 1 saturated heterocycles. The third-order valence-electron chi connectivity index (χ3n) is 2.76. The fourth-order valence-corrected chi connectivity index (χ4v) is 1.86. The minimum absolute atomic E-state index is 0.0288. The molecule has 7 heteroatoms. The van der Waals surface area contributed by atoms with Crippen LogP contribution in [0.1, 0.15) is 18.4 Å². The molecule has 7 nitrogen and oxygen atoms in total. The average molecular weight is 248 g/mol. The summed E-state index contributed by atoms with van der Waals surface area (Å²) in [5.41, 5.74) is -0.377. The maximum atomic E-state index is 11.0. The zero-order valence-corrected chi connectivity index (χ0v) is 9.63. The maximum Gasteiger partial charge on any atom is 0.348 e. The van der Waals surface area contributed by atoms with Crippen molar-refractivity contribution in [3.05, 3.63) is 27.9 Å². The Bertz CT molecular complexity index is 492. The highest BCUT2D eigenvalue weighted by molar-refractivity contribution is 5.54. The van der Waals surface area contributed by atoms with Gasteiger partial charge in [0.2, 0.25) is 0 Å². The molecular weight excluding hydrogens is 236 g/mol. The summed E-state index contributed by atoms with van der Waals surface area (Å²) >= 11 is 0. The van der Waals surface area contributed by atoms with Crippen LogP contribution in [0.3, 0.4) is 0 Å². The zero-order chi connectivity index (χ0) is 13.0. The topological polar surface area (TPSA) is 101 Å². The van der Waals surface area contributed by atoms with Crippen molar-refractivity contribution >= 4 is 5.69 Å². The molecule has 0 amide bonds. The van der Waals surface area contributed by atoms with E-state index in [-0.39, 0.29) is 23.2 Å². The fraction of sp³-hybridized carbons (Fsp3) is 0.455. The van der Waals surface area contributed by atoms with Crippen molar-refractivity contribution in [1.29, 1.82) is 5.26 Å². The van der Waals surface area contributed by atoms with Crippen LogP contribution in [0.15, 0.2) is 12.3 Å². The molecule has 18 heavy (non-hydrogen) atoms. The van der Waals surface area contributed by atoms with Gasteiger partial charge in [0.05, 0.1) is 4.92 Å². The zero-order valence-electron chi connectivity index (χ0n) is 9.63. The first-order valence-electron chi connectivity index (χ1n) is 5.63. The summed E-state index contributed by atoms with van der Waals surface area (Å²) in [6, 6.07) is 3.09. The van der Waals surface area contributed by atoms with Crippen molar-refractivity contribution in [1.82, 2.24) is 10.3 Å². The van der Waals surface area contributed by atoms with Crippen molar-refractivity contribution in [3.63, 3.8) is 0 Å². The summed E-state index contributed by atoms with van der Waals surface area (Å²) in [7, 11) is 0. The number of nitrogens with one attached hydrogen (secondary N) is 1. The predicted molar refractivity (Wildman–Crippen MR) is 62.1 cm³/mol. The molecule has 2 rings (SSSR count). The number of nitrogens with zero attached hydrogens (tertiary/aromatic N) is 3. The summed E-state index contributed by atoms with van der Waals surface area (Å²) in [6.45, 7) is 1.63. The largest absolute Gasteiger partial charge is 0.469 e. The lowest BCUT2D eigenvalue weighted by molar-refractivity contribution is -0.386. The van der Waals surface area contributed by atoms with Gasteiger partial charge in [0.25, 0.3) is 5.88 Å². The van der Waals surface area contributed by atoms with Crippen molar-refractivity contribution in [2.45, 2.75) is 18.9 Å². The molecule has 0 unspecified atom stereocenters. The van der Waals surface area contributed by atoms with E-state index in [9.17, 15) is 10.1 Å². The highest BCUT2D eigenvalue weighted by atomic mass is 16.6. The molecule has 0 saturated carbocycles. The first-order chi connectivity index (χ1) is 8.72. The quantitative estimate of drug-likeness (QED) is 0.632. The number of aromatic nitrogens is 1. The average Bonchev–Trinajstić information content (AvgIpc) is 2.39. The molecule has 0 aromatic carbocycles. The molecule has 0 atom stereocenters. The van der Waals surface area contributed by atoms with Gasteiger partial charge < -0.3 is 10.1 Å². The van der Waals surface area contributed by atoms with E-state index in [4.69, 9.17) is 10.00 Å². The van der Waals surface area contributed by atoms with Gasteiger partial charge in [0.15, 0.2) is 0 Å². The lowest BCUT2D eigenvalue weighted by Gasteiger charge is -2.22. The van der Waals surface area contributed by atoms with Crippen LogP contribution in [-0.4, -0.2) is 29.1 Å². The van der Waals surface area contributed by atoms with E-state index in [1.54, 1.807) is 6.07 Å². The highest BCUT2D eigenvalue weighted by Crippen LogP contribution is 2.29. The highest BCUT2D eigenvalue weighted by Gasteiger charge is 2.25. The molecular formula is C11H12N4O3. The Morgan fingerprint density at radius 1 is 1.56 bits per heavy atom. The van der Waals surface area contributed by atoms with Gasteiger partial charge in [0, 0.05) is 6.20 Å². The van der Waals surface area contributed by atoms with Crippen molar-refractivity contribution in [2.75, 3.05) is 13.1 Å². The molecule has 1 aliphatic rings. The molecule has 1 aromatic rings. The number of nitro groups is 1. The van der Waals surface area contributed by atoms with E-state index >= 15 is 0 Å². The molecule has 1 aromatic heterocycles. The molecule has 0 radical (unpaired) electrons. The smallest absolute Gasteiger partial charge is 0.348 e. The van der Waals surface area contributed by atoms with Crippen LogP contribution in [0.4, 0.5) is 5.69 Å². The van der Waals surface area contributed by atoms with E-state index in [0.717, 1.165) is 25.9 Å². The molecule has 0 bridgehead atoms. The van der Waals surface area contributed by atoms with Crippen LogP contribution in [-0.2, 0) is 0 Å². The van der Waals surface area contributed by atoms with Crippen LogP contribution in [0.2, 0.25) is 0 Å². The number of ether oxygens (including phenoxy) is 1. The molecule has 1 aliphatic heterocycles. The van der Waals surface area contributed by atoms with Crippen LogP contribution in [0.5, 0.6) is 5.88 Å². The third-order valence-corrected chi connectivity index (χ3v) is 2.76. The lowest BCUT2D eigenvalue weighted by Crippen LogP contribution is -2.34. The monoisotopic (exact) mass is 248 g/mol. The predicted octanol–water partition coefficient (Wildman–Crippen LogP) is 0.992. The first-order valence-corrected chi connectivity index (χ1v) is 5.63. The second-order valence-corrected chi connectivity index (χ2v) is 3.95. The molecule has 94 valence electrons. The van der Waals surface area contributed by atoms with Crippen molar-refractivity contribution < 1.29 is 9.66 Å². The van der Waals surface area contributed by atoms with Crippen LogP contribution < -0.4 is 10.1 Å². The van der Waals surface area contributed by atoms with Crippen molar-refractivity contribution in [3.8, 4) is 11.9 Å². The summed E-state index contributed by atoms with van der Waals surface area (Å²) in [5, 5.41) is 23.0. The summed E-state index contributed by atoms with van der Waals surface area (Å²) in [4.78, 5) is 14.2. The minimum atomic E-state index is -0.623. The van der Waals surface area contributed by atoms with E-state index in [1.165, 1.54) is 12.3 Å². The van der Waals surface area contributed by atoms with E-state index in [2.05, 4.69) is 10.3 Å². The number of pyridine rings is 1. The standard InChI is InChI=1S/C11H12N4O3/c12-7-8-1-6-14-11(10(8)15(16)17)18-9-2-4-13-5-3-9/h1,6,9,13H,2-5H2. The normalized spacial score (nSPS) is 15.9. The third kappa shape index (κ3) is 2.55. The van der Waals surface area contributed by atoms with Gasteiger partial charge in [-0.25, -0.2) is 4.98 Å². The summed E-state index contributed by atoms with van der Waals surface area (Å²) < 4.78 is 5.55. The molecule has 1 fully saturated rings. The van der Waals surface area contributed by atoms with E-state index in [0.29, 0.717) is 0 Å². The van der Waals surface area contributed by atoms with E-state index in [1.807, 2.05) is 0 Å². The molecule has 1 N–H and O–H groups in total. The fourth-order valence-electron chi connectivity index (χ4n) is 1.86. The Balaban J connectivity index is 2.26. The van der Waals surface area contributed by atoms with Crippen molar-refractivity contribution in [2.24, 2.45) is 0 Å². The second-order valence-electron chi connectivity index (χ2n) is 3.95. The number of piperidine rings is 1. The van der Waals surface area contributed by atoms with Crippen LogP contribution >= 0.6 is 0 Å². The van der Waals surface area contributed by atoms with Gasteiger partial charge in [-0.3, -0.25) is 10.1 Å². The van der Waals surface area contributed by atoms with Crippen LogP contribution in [0, 0.1) is 21.4 Å². The Morgan fingerprint density at radius 3 is 2.89 bits per heavy atom. The van der Waals surface area contributed by atoms with Gasteiger partial charge in [-0.2, -0.15) is 5.26 Å². The summed E-state index contributed by atoms with van der Waals surface area (Å²) in [6.07, 6.45) is 2.80. The summed E-state index contributed by atoms with van der Waals surface area (Å²) in [5.74, 6) is -0.0639. The second kappa shape index (κ2) is 5.42. The van der Waals surface area contributed by atoms with E-state index < -0.39 is 4.92 Å². The Morgan fingerprint density at radius 2 is 2.28 bits per heavy atom. The Labute approximate surface area is 104 Å². The maximum absolute atomic E-state index is 11.0. The van der Waals surface area contributed by atoms with Gasteiger partial charge in [-0.1, -0.05) is 0 Å². The lowest BCUT2D eigenvalue weighted by atomic mass is 10.1. The first kappa shape index (κ1) is 12.3. The number of hydrogen-bond donors (Lipinski definition) is 1. The number of hydrogen-bond acceptors (Lipinski definition) is 6. The van der Waals surface area contributed by atoms with Gasteiger partial charge in [0.1, 0.15) is 17.7 Å². The SMILES string of the molecule is N#Cc1ccnc(OC2CCNCC2)c1[N+](=O)[O-]. The number of nitriles is 1. The molecule has 2 heterocycles. The number of rotatable bonds is 3. The van der Waals surface area contributed by atoms with Crippen LogP contribution in [0.25, 0.3) is 0 Å². The Hall–Kier alpha value is -2.20. The minimum Gasteiger partial charge on any atom is -0.469 e. The molecule has 0 spiro atoms. The van der Waals surface area contributed by atoms with Gasteiger partial charge in [-0.15, -0.1) is 0 Å². The Kier molecular flexibility index (Phi) is 3.69. The molecule has 0 aliphatic carbocycles. The van der Waals surface area contributed by atoms with Gasteiger partial charge in [-0.05, 0) is 32.0 Å².